The van der Waals surface area contributed by atoms with E-state index in [1.807, 2.05) is 19.0 Å². The molecule has 0 bridgehead atoms. The van der Waals surface area contributed by atoms with Gasteiger partial charge in [0.2, 0.25) is 6.10 Å². The van der Waals surface area contributed by atoms with Gasteiger partial charge in [0.1, 0.15) is 11.6 Å². The van der Waals surface area contributed by atoms with Crippen molar-refractivity contribution in [2.45, 2.75) is 19.1 Å². The highest BCUT2D eigenvalue weighted by molar-refractivity contribution is 6.04. The minimum absolute atomic E-state index is 0.00256. The average Bonchev–Trinajstić information content (AvgIpc) is 3.22. The summed E-state index contributed by atoms with van der Waals surface area (Å²) in [5.41, 5.74) is 1.61. The van der Waals surface area contributed by atoms with Crippen LogP contribution >= 0.6 is 0 Å². The molecule has 0 fully saturated rings. The molecule has 3 rings (SSSR count). The van der Waals surface area contributed by atoms with Crippen LogP contribution in [0.2, 0.25) is 0 Å². The van der Waals surface area contributed by atoms with Crippen molar-refractivity contribution in [3.05, 3.63) is 70.8 Å². The normalized spacial score (nSPS) is 15.5. The molecule has 0 saturated carbocycles. The number of rotatable bonds is 7. The van der Waals surface area contributed by atoms with Crippen molar-refractivity contribution in [1.82, 2.24) is 9.80 Å². The third-order valence-electron chi connectivity index (χ3n) is 4.77. The Bertz CT molecular complexity index is 984. The number of nitrogens with zero attached hydrogens (tertiary/aromatic N) is 4. The van der Waals surface area contributed by atoms with E-state index in [9.17, 15) is 13.6 Å². The summed E-state index contributed by atoms with van der Waals surface area (Å²) in [6.45, 7) is 1.43. The molecule has 1 amide bonds. The molecule has 0 aromatic heterocycles. The van der Waals surface area contributed by atoms with E-state index in [1.165, 1.54) is 0 Å². The van der Waals surface area contributed by atoms with E-state index in [-0.39, 0.29) is 23.6 Å². The van der Waals surface area contributed by atoms with Crippen LogP contribution in [0.4, 0.5) is 8.78 Å². The molecule has 2 aromatic rings. The van der Waals surface area contributed by atoms with Crippen molar-refractivity contribution in [2.24, 2.45) is 5.16 Å². The first-order valence-electron chi connectivity index (χ1n) is 9.48. The minimum atomic E-state index is -0.900. The molecule has 0 N–H and O–H groups in total. The van der Waals surface area contributed by atoms with Crippen molar-refractivity contribution in [2.75, 3.05) is 27.2 Å². The van der Waals surface area contributed by atoms with Crippen LogP contribution in [0.1, 0.15) is 23.1 Å². The number of nitriles is 1. The molecule has 30 heavy (non-hydrogen) atoms. The number of hydrogen-bond acceptors (Lipinski definition) is 5. The van der Waals surface area contributed by atoms with Gasteiger partial charge in [0.05, 0.1) is 17.3 Å². The number of halogens is 2. The molecule has 1 heterocycles. The van der Waals surface area contributed by atoms with Gasteiger partial charge in [-0.15, -0.1) is 0 Å². The molecule has 2 aromatic carbocycles. The van der Waals surface area contributed by atoms with E-state index in [4.69, 9.17) is 10.1 Å². The SMILES string of the molecule is CN(C)CCN(Cc1ccc(C#N)cc1)C(=O)C1CC(c2cc(F)ccc2F)=NO1. The van der Waals surface area contributed by atoms with Crippen LogP contribution in [-0.2, 0) is 16.2 Å². The lowest BCUT2D eigenvalue weighted by Crippen LogP contribution is -2.42. The molecule has 156 valence electrons. The van der Waals surface area contributed by atoms with Crippen molar-refractivity contribution >= 4 is 11.6 Å². The number of hydrogen-bond donors (Lipinski definition) is 0. The van der Waals surface area contributed by atoms with Crippen LogP contribution in [0, 0.1) is 23.0 Å². The summed E-state index contributed by atoms with van der Waals surface area (Å²) in [6, 6.07) is 12.2. The first-order valence-corrected chi connectivity index (χ1v) is 9.48. The summed E-state index contributed by atoms with van der Waals surface area (Å²) in [5.74, 6) is -1.48. The van der Waals surface area contributed by atoms with Crippen LogP contribution < -0.4 is 0 Å². The highest BCUT2D eigenvalue weighted by Gasteiger charge is 2.33. The van der Waals surface area contributed by atoms with Crippen LogP contribution in [0.3, 0.4) is 0 Å². The van der Waals surface area contributed by atoms with Gasteiger partial charge in [0, 0.05) is 31.6 Å². The molecular formula is C22H22F2N4O2. The topological polar surface area (TPSA) is 68.9 Å². The predicted octanol–water partition coefficient (Wildman–Crippen LogP) is 2.92. The van der Waals surface area contributed by atoms with Crippen molar-refractivity contribution in [1.29, 1.82) is 5.26 Å². The summed E-state index contributed by atoms with van der Waals surface area (Å²) < 4.78 is 27.5. The van der Waals surface area contributed by atoms with Gasteiger partial charge in [0.15, 0.2) is 0 Å². The second kappa shape index (κ2) is 9.46. The van der Waals surface area contributed by atoms with Gasteiger partial charge in [-0.25, -0.2) is 8.78 Å². The predicted molar refractivity (Wildman–Crippen MR) is 108 cm³/mol. The summed E-state index contributed by atoms with van der Waals surface area (Å²) in [7, 11) is 3.81. The van der Waals surface area contributed by atoms with Gasteiger partial charge in [0.25, 0.3) is 5.91 Å². The lowest BCUT2D eigenvalue weighted by Gasteiger charge is -2.26. The molecule has 0 aliphatic carbocycles. The lowest BCUT2D eigenvalue weighted by molar-refractivity contribution is -0.142. The Hall–Kier alpha value is -3.31. The van der Waals surface area contributed by atoms with Crippen LogP contribution in [-0.4, -0.2) is 54.7 Å². The molecule has 6 nitrogen and oxygen atoms in total. The molecular weight excluding hydrogens is 390 g/mol. The van der Waals surface area contributed by atoms with Gasteiger partial charge >= 0.3 is 0 Å². The van der Waals surface area contributed by atoms with Crippen molar-refractivity contribution in [3.63, 3.8) is 0 Å². The molecule has 1 unspecified atom stereocenters. The van der Waals surface area contributed by atoms with E-state index >= 15 is 0 Å². The Balaban J connectivity index is 1.72. The maximum Gasteiger partial charge on any atom is 0.267 e. The Kier molecular flexibility index (Phi) is 6.75. The first kappa shape index (κ1) is 21.4. The molecule has 1 aliphatic rings. The number of likely N-dealkylation sites (N-methyl/N-ethyl adjacent to an activating group) is 1. The van der Waals surface area contributed by atoms with Gasteiger partial charge in [-0.05, 0) is 50.0 Å². The standard InChI is InChI=1S/C22H22F2N4O2/c1-27(2)9-10-28(14-16-5-3-15(13-25)4-6-16)22(29)21-12-20(26-30-21)18-11-17(23)7-8-19(18)24/h3-8,11,21H,9-10,12,14H2,1-2H3. The molecule has 1 aliphatic heterocycles. The lowest BCUT2D eigenvalue weighted by atomic mass is 10.0. The third kappa shape index (κ3) is 5.19. The number of amides is 1. The van der Waals surface area contributed by atoms with E-state index < -0.39 is 17.7 Å². The molecule has 0 radical (unpaired) electrons. The van der Waals surface area contributed by atoms with Crippen molar-refractivity contribution in [3.8, 4) is 6.07 Å². The van der Waals surface area contributed by atoms with Crippen LogP contribution in [0.5, 0.6) is 0 Å². The van der Waals surface area contributed by atoms with Gasteiger partial charge in [-0.1, -0.05) is 17.3 Å². The number of oxime groups is 1. The number of benzene rings is 2. The fourth-order valence-corrected chi connectivity index (χ4v) is 3.08. The largest absolute Gasteiger partial charge is 0.382 e. The highest BCUT2D eigenvalue weighted by Crippen LogP contribution is 2.22. The zero-order valence-electron chi connectivity index (χ0n) is 16.8. The molecule has 8 heteroatoms. The van der Waals surface area contributed by atoms with E-state index in [0.717, 1.165) is 23.8 Å². The van der Waals surface area contributed by atoms with E-state index in [2.05, 4.69) is 11.2 Å². The van der Waals surface area contributed by atoms with E-state index in [0.29, 0.717) is 25.2 Å². The Morgan fingerprint density at radius 1 is 1.20 bits per heavy atom. The second-order valence-electron chi connectivity index (χ2n) is 7.33. The quantitative estimate of drug-likeness (QED) is 0.701. The Morgan fingerprint density at radius 3 is 2.60 bits per heavy atom. The Morgan fingerprint density at radius 2 is 1.93 bits per heavy atom. The van der Waals surface area contributed by atoms with Gasteiger partial charge in [-0.2, -0.15) is 5.26 Å². The smallest absolute Gasteiger partial charge is 0.267 e. The fraction of sp³-hybridized carbons (Fsp3) is 0.318. The van der Waals surface area contributed by atoms with Crippen LogP contribution in [0.15, 0.2) is 47.6 Å². The monoisotopic (exact) mass is 412 g/mol. The minimum Gasteiger partial charge on any atom is -0.382 e. The van der Waals surface area contributed by atoms with Gasteiger partial charge < -0.3 is 14.6 Å². The summed E-state index contributed by atoms with van der Waals surface area (Å²) >= 11 is 0. The molecule has 1 atom stereocenters. The number of carbonyl (C=O) groups is 1. The maximum atomic E-state index is 14.0. The summed E-state index contributed by atoms with van der Waals surface area (Å²) in [6.07, 6.45) is -0.839. The third-order valence-corrected chi connectivity index (χ3v) is 4.77. The molecule has 0 saturated heterocycles. The molecule has 0 spiro atoms. The van der Waals surface area contributed by atoms with E-state index in [1.54, 1.807) is 29.2 Å². The zero-order chi connectivity index (χ0) is 21.7. The highest BCUT2D eigenvalue weighted by atomic mass is 19.1. The average molecular weight is 412 g/mol. The first-order chi connectivity index (χ1) is 14.4. The summed E-state index contributed by atoms with van der Waals surface area (Å²) in [5, 5.41) is 12.8. The summed E-state index contributed by atoms with van der Waals surface area (Å²) in [4.78, 5) is 22.0. The van der Waals surface area contributed by atoms with Crippen LogP contribution in [0.25, 0.3) is 0 Å². The Labute approximate surface area is 173 Å². The maximum absolute atomic E-state index is 14.0. The second-order valence-corrected chi connectivity index (χ2v) is 7.33. The number of carbonyl (C=O) groups excluding carboxylic acids is 1. The zero-order valence-corrected chi connectivity index (χ0v) is 16.8. The van der Waals surface area contributed by atoms with Gasteiger partial charge in [-0.3, -0.25) is 4.79 Å². The van der Waals surface area contributed by atoms with Crippen molar-refractivity contribution < 1.29 is 18.4 Å². The fourth-order valence-electron chi connectivity index (χ4n) is 3.08.